The van der Waals surface area contributed by atoms with Crippen molar-refractivity contribution >= 4 is 0 Å². The minimum atomic E-state index is 0.120. The number of phenolic OH excluding ortho intramolecular Hbond substituents is 1. The number of hydrogen-bond acceptors (Lipinski definition) is 4. The van der Waals surface area contributed by atoms with Crippen molar-refractivity contribution in [3.05, 3.63) is 48.2 Å². The Balaban J connectivity index is 2.25. The number of benzene rings is 1. The first-order valence-corrected chi connectivity index (χ1v) is 6.81. The Morgan fingerprint density at radius 3 is 2.70 bits per heavy atom. The molecule has 2 aromatic rings. The first-order chi connectivity index (χ1) is 9.74. The zero-order valence-corrected chi connectivity index (χ0v) is 11.7. The second kappa shape index (κ2) is 7.03. The third-order valence-corrected chi connectivity index (χ3v) is 3.30. The Hall–Kier alpha value is -1.91. The van der Waals surface area contributed by atoms with E-state index in [1.165, 1.54) is 0 Å². The van der Waals surface area contributed by atoms with Crippen molar-refractivity contribution in [1.82, 2.24) is 9.88 Å². The highest BCUT2D eigenvalue weighted by Crippen LogP contribution is 2.25. The average molecular weight is 272 g/mol. The molecule has 0 aliphatic carbocycles. The van der Waals surface area contributed by atoms with Crippen molar-refractivity contribution in [2.75, 3.05) is 19.7 Å². The molecule has 0 aliphatic heterocycles. The number of aromatic nitrogens is 1. The van der Waals surface area contributed by atoms with Gasteiger partial charge in [0.1, 0.15) is 5.75 Å². The van der Waals surface area contributed by atoms with Crippen LogP contribution in [0.25, 0.3) is 11.3 Å². The third kappa shape index (κ3) is 3.56. The quantitative estimate of drug-likeness (QED) is 0.847. The molecule has 1 heterocycles. The zero-order valence-electron chi connectivity index (χ0n) is 11.7. The van der Waals surface area contributed by atoms with Crippen LogP contribution in [-0.2, 0) is 6.54 Å². The second-order valence-corrected chi connectivity index (χ2v) is 4.65. The highest BCUT2D eigenvalue weighted by atomic mass is 16.3. The topological polar surface area (TPSA) is 56.6 Å². The Morgan fingerprint density at radius 2 is 2.05 bits per heavy atom. The SMILES string of the molecule is CCN(CCO)Cc1cc(-c2ccccn2)ccc1O. The lowest BCUT2D eigenvalue weighted by molar-refractivity contribution is 0.195. The van der Waals surface area contributed by atoms with Gasteiger partial charge in [0, 0.05) is 30.4 Å². The fraction of sp³-hybridized carbons (Fsp3) is 0.312. The van der Waals surface area contributed by atoms with E-state index in [9.17, 15) is 5.11 Å². The average Bonchev–Trinajstić information content (AvgIpc) is 2.49. The summed E-state index contributed by atoms with van der Waals surface area (Å²) in [5, 5.41) is 19.0. The van der Waals surface area contributed by atoms with Gasteiger partial charge in [-0.15, -0.1) is 0 Å². The number of aliphatic hydroxyl groups is 1. The standard InChI is InChI=1S/C16H20N2O2/c1-2-18(9-10-19)12-14-11-13(6-7-16(14)20)15-5-3-4-8-17-15/h3-8,11,19-20H,2,9-10,12H2,1H3. The smallest absolute Gasteiger partial charge is 0.120 e. The van der Waals surface area contributed by atoms with Crippen LogP contribution >= 0.6 is 0 Å². The predicted molar refractivity (Wildman–Crippen MR) is 79.4 cm³/mol. The van der Waals surface area contributed by atoms with E-state index < -0.39 is 0 Å². The summed E-state index contributed by atoms with van der Waals surface area (Å²) in [4.78, 5) is 6.40. The fourth-order valence-electron chi connectivity index (χ4n) is 2.14. The highest BCUT2D eigenvalue weighted by Gasteiger charge is 2.09. The van der Waals surface area contributed by atoms with Gasteiger partial charge in [-0.1, -0.05) is 13.0 Å². The number of hydrogen-bond donors (Lipinski definition) is 2. The van der Waals surface area contributed by atoms with Crippen LogP contribution in [0.15, 0.2) is 42.6 Å². The lowest BCUT2D eigenvalue weighted by Gasteiger charge is -2.20. The van der Waals surface area contributed by atoms with E-state index in [1.807, 2.05) is 37.3 Å². The third-order valence-electron chi connectivity index (χ3n) is 3.30. The number of rotatable bonds is 6. The fourth-order valence-corrected chi connectivity index (χ4v) is 2.14. The number of aliphatic hydroxyl groups excluding tert-OH is 1. The van der Waals surface area contributed by atoms with E-state index in [4.69, 9.17) is 5.11 Å². The van der Waals surface area contributed by atoms with Gasteiger partial charge in [0.05, 0.1) is 12.3 Å². The summed E-state index contributed by atoms with van der Waals surface area (Å²) in [5.74, 6) is 0.279. The van der Waals surface area contributed by atoms with Crippen molar-refractivity contribution < 1.29 is 10.2 Å². The minimum absolute atomic E-state index is 0.120. The summed E-state index contributed by atoms with van der Waals surface area (Å²) >= 11 is 0. The molecular weight excluding hydrogens is 252 g/mol. The summed E-state index contributed by atoms with van der Waals surface area (Å²) < 4.78 is 0. The van der Waals surface area contributed by atoms with Crippen molar-refractivity contribution in [3.63, 3.8) is 0 Å². The minimum Gasteiger partial charge on any atom is -0.508 e. The van der Waals surface area contributed by atoms with Crippen LogP contribution in [-0.4, -0.2) is 39.8 Å². The molecule has 0 fully saturated rings. The first kappa shape index (κ1) is 14.5. The number of aromatic hydroxyl groups is 1. The van der Waals surface area contributed by atoms with Crippen molar-refractivity contribution in [2.24, 2.45) is 0 Å². The van der Waals surface area contributed by atoms with Gasteiger partial charge in [-0.3, -0.25) is 9.88 Å². The Kier molecular flexibility index (Phi) is 5.09. The van der Waals surface area contributed by atoms with Crippen LogP contribution in [0.1, 0.15) is 12.5 Å². The molecule has 20 heavy (non-hydrogen) atoms. The van der Waals surface area contributed by atoms with Gasteiger partial charge in [-0.05, 0) is 36.9 Å². The Labute approximate surface area is 119 Å². The van der Waals surface area contributed by atoms with E-state index >= 15 is 0 Å². The maximum atomic E-state index is 9.98. The molecule has 106 valence electrons. The Bertz CT molecular complexity index is 543. The lowest BCUT2D eigenvalue weighted by atomic mass is 10.1. The van der Waals surface area contributed by atoms with Gasteiger partial charge in [-0.25, -0.2) is 0 Å². The van der Waals surface area contributed by atoms with E-state index in [1.54, 1.807) is 12.3 Å². The second-order valence-electron chi connectivity index (χ2n) is 4.65. The van der Waals surface area contributed by atoms with Crippen LogP contribution in [0.2, 0.25) is 0 Å². The molecule has 0 saturated heterocycles. The molecule has 0 radical (unpaired) electrons. The molecule has 0 saturated carbocycles. The molecule has 1 aromatic heterocycles. The molecule has 0 atom stereocenters. The van der Waals surface area contributed by atoms with E-state index in [0.717, 1.165) is 23.4 Å². The maximum absolute atomic E-state index is 9.98. The number of nitrogens with zero attached hydrogens (tertiary/aromatic N) is 2. The van der Waals surface area contributed by atoms with Crippen LogP contribution in [0.4, 0.5) is 0 Å². The van der Waals surface area contributed by atoms with Gasteiger partial charge in [0.2, 0.25) is 0 Å². The number of phenols is 1. The summed E-state index contributed by atoms with van der Waals surface area (Å²) in [6.45, 7) is 4.20. The Morgan fingerprint density at radius 1 is 1.20 bits per heavy atom. The molecule has 4 heteroatoms. The van der Waals surface area contributed by atoms with Gasteiger partial charge in [-0.2, -0.15) is 0 Å². The van der Waals surface area contributed by atoms with Crippen LogP contribution in [0.5, 0.6) is 5.75 Å². The first-order valence-electron chi connectivity index (χ1n) is 6.81. The van der Waals surface area contributed by atoms with Gasteiger partial charge in [0.15, 0.2) is 0 Å². The van der Waals surface area contributed by atoms with E-state index in [-0.39, 0.29) is 12.4 Å². The molecule has 0 spiro atoms. The van der Waals surface area contributed by atoms with Gasteiger partial charge in [0.25, 0.3) is 0 Å². The summed E-state index contributed by atoms with van der Waals surface area (Å²) in [6.07, 6.45) is 1.76. The zero-order chi connectivity index (χ0) is 14.4. The van der Waals surface area contributed by atoms with Crippen molar-refractivity contribution in [1.29, 1.82) is 0 Å². The summed E-state index contributed by atoms with van der Waals surface area (Å²) in [6, 6.07) is 11.3. The molecule has 2 rings (SSSR count). The predicted octanol–water partition coefficient (Wildman–Crippen LogP) is 2.27. The normalized spacial score (nSPS) is 10.9. The number of pyridine rings is 1. The maximum Gasteiger partial charge on any atom is 0.120 e. The van der Waals surface area contributed by atoms with Crippen LogP contribution in [0, 0.1) is 0 Å². The monoisotopic (exact) mass is 272 g/mol. The largest absolute Gasteiger partial charge is 0.508 e. The van der Waals surface area contributed by atoms with Crippen LogP contribution < -0.4 is 0 Å². The van der Waals surface area contributed by atoms with Crippen molar-refractivity contribution in [3.8, 4) is 17.0 Å². The number of likely N-dealkylation sites (N-methyl/N-ethyl adjacent to an activating group) is 1. The molecule has 0 unspecified atom stereocenters. The van der Waals surface area contributed by atoms with Crippen molar-refractivity contribution in [2.45, 2.75) is 13.5 Å². The highest BCUT2D eigenvalue weighted by molar-refractivity contribution is 5.61. The van der Waals surface area contributed by atoms with Gasteiger partial charge >= 0.3 is 0 Å². The molecular formula is C16H20N2O2. The molecule has 4 nitrogen and oxygen atoms in total. The molecule has 0 amide bonds. The van der Waals surface area contributed by atoms with E-state index in [2.05, 4.69) is 9.88 Å². The van der Waals surface area contributed by atoms with Gasteiger partial charge < -0.3 is 10.2 Å². The molecule has 0 aliphatic rings. The molecule has 0 bridgehead atoms. The van der Waals surface area contributed by atoms with Crippen LogP contribution in [0.3, 0.4) is 0 Å². The lowest BCUT2D eigenvalue weighted by Crippen LogP contribution is -2.26. The van der Waals surface area contributed by atoms with E-state index in [0.29, 0.717) is 13.1 Å². The summed E-state index contributed by atoms with van der Waals surface area (Å²) in [7, 11) is 0. The molecule has 1 aromatic carbocycles. The molecule has 2 N–H and O–H groups in total. The summed E-state index contributed by atoms with van der Waals surface area (Å²) in [5.41, 5.74) is 2.72.